The summed E-state index contributed by atoms with van der Waals surface area (Å²) < 4.78 is 5.12. The first-order valence-electron chi connectivity index (χ1n) is 23.0. The summed E-state index contributed by atoms with van der Waals surface area (Å²) in [4.78, 5) is 7.82. The van der Waals surface area contributed by atoms with E-state index in [2.05, 4.69) is 230 Å². The van der Waals surface area contributed by atoms with Gasteiger partial charge >= 0.3 is 0 Å². The molecule has 0 fully saturated rings. The third-order valence-electron chi connectivity index (χ3n) is 15.4. The van der Waals surface area contributed by atoms with E-state index in [1.165, 1.54) is 127 Å². The maximum Gasteiger partial charge on any atom is 0.257 e. The average Bonchev–Trinajstić information content (AvgIpc) is 4.11. The van der Waals surface area contributed by atoms with Crippen LogP contribution in [0.2, 0.25) is 0 Å². The van der Waals surface area contributed by atoms with Crippen molar-refractivity contribution in [1.29, 1.82) is 0 Å². The van der Waals surface area contributed by atoms with Crippen molar-refractivity contribution in [2.75, 3.05) is 14.7 Å². The number of para-hydroxylation sites is 7. The molecule has 3 aliphatic rings. The van der Waals surface area contributed by atoms with Crippen LogP contribution in [0.4, 0.5) is 51.2 Å². The van der Waals surface area contributed by atoms with Gasteiger partial charge in [-0.25, -0.2) is 0 Å². The Morgan fingerprint density at radius 3 is 1.12 bits per heavy atom. The first-order valence-corrected chi connectivity index (χ1v) is 23.0. The van der Waals surface area contributed by atoms with Crippen LogP contribution in [0.1, 0.15) is 0 Å². The fourth-order valence-corrected chi connectivity index (χ4v) is 13.1. The Morgan fingerprint density at radius 2 is 0.652 bits per heavy atom. The van der Waals surface area contributed by atoms with E-state index in [4.69, 9.17) is 0 Å². The van der Waals surface area contributed by atoms with Crippen LogP contribution in [0.25, 0.3) is 76.2 Å². The molecule has 14 aromatic rings. The van der Waals surface area contributed by atoms with Crippen LogP contribution in [-0.4, -0.2) is 15.5 Å². The SMILES string of the molecule is c1ccc(N2c3cc4c(c5c3B3c6c(cccc6N(c6ccccc6)c6c3c2cc2c6c3cccc6c7ccccc7n2c63)N5c2ccccc2)c2cccc3c5ccccc5n4c32)cc1. The molecule has 302 valence electrons. The molecule has 0 saturated carbocycles. The van der Waals surface area contributed by atoms with Crippen LogP contribution < -0.4 is 31.1 Å². The van der Waals surface area contributed by atoms with E-state index in [1.807, 2.05) is 0 Å². The number of hydrogen-bond acceptors (Lipinski definition) is 3. The van der Waals surface area contributed by atoms with Gasteiger partial charge in [0.2, 0.25) is 0 Å². The number of aromatic nitrogens is 2. The van der Waals surface area contributed by atoms with E-state index in [0.29, 0.717) is 0 Å². The minimum absolute atomic E-state index is 0.0616. The van der Waals surface area contributed by atoms with Gasteiger partial charge in [0.25, 0.3) is 6.71 Å². The van der Waals surface area contributed by atoms with Crippen LogP contribution in [-0.2, 0) is 0 Å². The van der Waals surface area contributed by atoms with Crippen LogP contribution >= 0.6 is 0 Å². The van der Waals surface area contributed by atoms with Crippen molar-refractivity contribution in [2.24, 2.45) is 0 Å². The summed E-state index contributed by atoms with van der Waals surface area (Å²) in [6.45, 7) is -0.0616. The Morgan fingerprint density at radius 1 is 0.273 bits per heavy atom. The van der Waals surface area contributed by atoms with E-state index < -0.39 is 0 Å². The Hall–Kier alpha value is -8.74. The summed E-state index contributed by atoms with van der Waals surface area (Å²) >= 11 is 0. The Balaban J connectivity index is 1.15. The number of hydrogen-bond donors (Lipinski definition) is 0. The smallest absolute Gasteiger partial charge is 0.257 e. The molecule has 3 aliphatic heterocycles. The monoisotopic (exact) mass is 835 g/mol. The molecule has 0 saturated heterocycles. The number of benzene rings is 10. The van der Waals surface area contributed by atoms with E-state index in [-0.39, 0.29) is 6.71 Å². The molecule has 7 heterocycles. The Bertz CT molecular complexity index is 4160. The van der Waals surface area contributed by atoms with Crippen molar-refractivity contribution >= 4 is 150 Å². The highest BCUT2D eigenvalue weighted by Crippen LogP contribution is 2.56. The van der Waals surface area contributed by atoms with Crippen molar-refractivity contribution < 1.29 is 0 Å². The molecular weight excluding hydrogens is 802 g/mol. The molecule has 5 nitrogen and oxygen atoms in total. The fourth-order valence-electron chi connectivity index (χ4n) is 13.1. The summed E-state index contributed by atoms with van der Waals surface area (Å²) in [5.41, 5.74) is 22.3. The van der Waals surface area contributed by atoms with Gasteiger partial charge in [0.15, 0.2) is 0 Å². The zero-order valence-electron chi connectivity index (χ0n) is 35.4. The summed E-state index contributed by atoms with van der Waals surface area (Å²) in [7, 11) is 0. The van der Waals surface area contributed by atoms with Crippen molar-refractivity contribution in [3.63, 3.8) is 0 Å². The lowest BCUT2D eigenvalue weighted by atomic mass is 9.31. The second-order valence-electron chi connectivity index (χ2n) is 18.4. The highest BCUT2D eigenvalue weighted by atomic mass is 15.2. The summed E-state index contributed by atoms with van der Waals surface area (Å²) in [5.74, 6) is 0. The van der Waals surface area contributed by atoms with Crippen molar-refractivity contribution in [3.8, 4) is 0 Å². The standard InChI is InChI=1S/C60H34BN5/c1-4-17-35(18-5-1)62-50-33-48-52(42-27-14-25-40-38-23-10-12-29-44(38)65(48)57(40)42)59-55(50)61-54-46(63(59)36-19-6-2-7-20-36)31-16-32-47(54)64(37-21-8-3-9-22-37)60-53-43-28-15-26-41-39-24-11-13-30-45(39)66(58(41)43)49(53)34-51(62)56(60)61/h1-34H. The van der Waals surface area contributed by atoms with E-state index >= 15 is 0 Å². The predicted octanol–water partition coefficient (Wildman–Crippen LogP) is 13.9. The van der Waals surface area contributed by atoms with Crippen LogP contribution in [0.3, 0.4) is 0 Å². The zero-order chi connectivity index (χ0) is 42.5. The van der Waals surface area contributed by atoms with Gasteiger partial charge in [-0.1, -0.05) is 133 Å². The van der Waals surface area contributed by atoms with Gasteiger partial charge in [0.1, 0.15) is 0 Å². The minimum Gasteiger partial charge on any atom is -0.311 e. The zero-order valence-corrected chi connectivity index (χ0v) is 35.4. The fraction of sp³-hybridized carbons (Fsp3) is 0. The van der Waals surface area contributed by atoms with Crippen molar-refractivity contribution in [3.05, 3.63) is 206 Å². The molecule has 0 unspecified atom stereocenters. The first-order chi connectivity index (χ1) is 32.8. The molecular formula is C60H34BN5. The minimum atomic E-state index is -0.0616. The lowest BCUT2D eigenvalue weighted by molar-refractivity contribution is 1.23. The molecule has 0 atom stereocenters. The van der Waals surface area contributed by atoms with Gasteiger partial charge in [0, 0.05) is 82.9 Å². The Labute approximate surface area is 378 Å². The molecule has 0 aliphatic carbocycles. The number of nitrogens with zero attached hydrogens (tertiary/aromatic N) is 5. The van der Waals surface area contributed by atoms with Gasteiger partial charge in [-0.15, -0.1) is 0 Å². The molecule has 0 N–H and O–H groups in total. The van der Waals surface area contributed by atoms with Crippen LogP contribution in [0.5, 0.6) is 0 Å². The molecule has 66 heavy (non-hydrogen) atoms. The third-order valence-corrected chi connectivity index (χ3v) is 15.4. The van der Waals surface area contributed by atoms with E-state index in [9.17, 15) is 0 Å². The number of rotatable bonds is 3. The molecule has 0 radical (unpaired) electrons. The van der Waals surface area contributed by atoms with E-state index in [1.54, 1.807) is 0 Å². The molecule has 10 aromatic carbocycles. The van der Waals surface area contributed by atoms with Gasteiger partial charge < -0.3 is 23.5 Å². The number of anilines is 9. The van der Waals surface area contributed by atoms with Gasteiger partial charge in [0.05, 0.1) is 44.5 Å². The van der Waals surface area contributed by atoms with Gasteiger partial charge in [-0.2, -0.15) is 0 Å². The second kappa shape index (κ2) is 11.7. The molecule has 0 bridgehead atoms. The topological polar surface area (TPSA) is 18.5 Å². The number of fused-ring (bicyclic) bond motifs is 14. The molecule has 4 aromatic heterocycles. The lowest BCUT2D eigenvalue weighted by Gasteiger charge is -2.49. The van der Waals surface area contributed by atoms with Gasteiger partial charge in [-0.3, -0.25) is 0 Å². The third kappa shape index (κ3) is 3.79. The highest BCUT2D eigenvalue weighted by molar-refractivity contribution is 7.03. The maximum atomic E-state index is 2.61. The summed E-state index contributed by atoms with van der Waals surface area (Å²) in [6, 6.07) is 77.2. The first kappa shape index (κ1) is 33.8. The summed E-state index contributed by atoms with van der Waals surface area (Å²) in [6.07, 6.45) is 0. The molecule has 6 heteroatoms. The van der Waals surface area contributed by atoms with Crippen LogP contribution in [0.15, 0.2) is 206 Å². The highest BCUT2D eigenvalue weighted by Gasteiger charge is 2.51. The lowest BCUT2D eigenvalue weighted by Crippen LogP contribution is -2.65. The maximum absolute atomic E-state index is 2.61. The average molecular weight is 836 g/mol. The Kier molecular flexibility index (Phi) is 5.98. The largest absolute Gasteiger partial charge is 0.311 e. The van der Waals surface area contributed by atoms with Crippen LogP contribution in [0, 0.1) is 0 Å². The summed E-state index contributed by atoms with van der Waals surface area (Å²) in [5, 5.41) is 10.3. The van der Waals surface area contributed by atoms with E-state index in [0.717, 1.165) is 17.1 Å². The van der Waals surface area contributed by atoms with Crippen molar-refractivity contribution in [1.82, 2.24) is 8.80 Å². The second-order valence-corrected chi connectivity index (χ2v) is 18.4. The molecule has 0 spiro atoms. The van der Waals surface area contributed by atoms with Crippen molar-refractivity contribution in [2.45, 2.75) is 0 Å². The van der Waals surface area contributed by atoms with Gasteiger partial charge in [-0.05, 0) is 89.2 Å². The normalized spacial score (nSPS) is 13.9. The molecule has 0 amide bonds. The quantitative estimate of drug-likeness (QED) is 0.165. The predicted molar refractivity (Wildman–Crippen MR) is 278 cm³/mol. The molecule has 17 rings (SSSR count).